The highest BCUT2D eigenvalue weighted by atomic mass is 32.2. The van der Waals surface area contributed by atoms with Crippen LogP contribution in [0.3, 0.4) is 0 Å². The molecule has 2 N–H and O–H groups in total. The van der Waals surface area contributed by atoms with Crippen molar-refractivity contribution in [1.29, 1.82) is 0 Å². The van der Waals surface area contributed by atoms with Gasteiger partial charge in [-0.1, -0.05) is 32.9 Å². The van der Waals surface area contributed by atoms with Crippen LogP contribution in [0.1, 0.15) is 38.8 Å². The zero-order valence-corrected chi connectivity index (χ0v) is 14.1. The van der Waals surface area contributed by atoms with E-state index in [1.807, 2.05) is 53.8 Å². The van der Waals surface area contributed by atoms with Crippen LogP contribution in [-0.2, 0) is 16.6 Å². The average molecular weight is 298 g/mol. The second-order valence-corrected chi connectivity index (χ2v) is 8.02. The van der Waals surface area contributed by atoms with E-state index in [0.29, 0.717) is 11.4 Å². The Balaban J connectivity index is 3.12. The highest BCUT2D eigenvalue weighted by Crippen LogP contribution is 2.23. The molecule has 1 rings (SSSR count). The molecule has 0 heterocycles. The number of hydrogen-bond donors (Lipinski definition) is 2. The highest BCUT2D eigenvalue weighted by molar-refractivity contribution is 7.89. The quantitative estimate of drug-likeness (QED) is 0.878. The zero-order valence-electron chi connectivity index (χ0n) is 13.2. The van der Waals surface area contributed by atoms with E-state index >= 15 is 0 Å². The topological polar surface area (TPSA) is 58.2 Å². The van der Waals surface area contributed by atoms with Crippen LogP contribution >= 0.6 is 0 Å². The van der Waals surface area contributed by atoms with Crippen molar-refractivity contribution in [3.8, 4) is 0 Å². The number of nitrogens with one attached hydrogen (secondary N) is 2. The summed E-state index contributed by atoms with van der Waals surface area (Å²) in [4.78, 5) is 0.362. The third-order valence-corrected chi connectivity index (χ3v) is 5.24. The summed E-state index contributed by atoms with van der Waals surface area (Å²) in [7, 11) is -1.65. The number of hydrogen-bond acceptors (Lipinski definition) is 3. The molecule has 0 radical (unpaired) electrons. The molecule has 1 aromatic rings. The smallest absolute Gasteiger partial charge is 0.241 e. The van der Waals surface area contributed by atoms with Gasteiger partial charge < -0.3 is 5.32 Å². The summed E-state index contributed by atoms with van der Waals surface area (Å²) in [5.41, 5.74) is 1.60. The molecule has 0 bridgehead atoms. The van der Waals surface area contributed by atoms with E-state index in [1.54, 1.807) is 6.07 Å². The maximum absolute atomic E-state index is 12.5. The molecule has 1 atom stereocenters. The largest absolute Gasteiger partial charge is 0.316 e. The second kappa shape index (κ2) is 6.24. The van der Waals surface area contributed by atoms with E-state index in [2.05, 4.69) is 10.0 Å². The van der Waals surface area contributed by atoms with Crippen molar-refractivity contribution in [2.45, 2.75) is 52.1 Å². The Morgan fingerprint density at radius 2 is 1.85 bits per heavy atom. The molecule has 0 spiro atoms. The molecule has 0 fully saturated rings. The van der Waals surface area contributed by atoms with Crippen molar-refractivity contribution >= 4 is 10.0 Å². The molecule has 0 aromatic heterocycles. The lowest BCUT2D eigenvalue weighted by atomic mass is 9.89. The molecule has 0 aliphatic carbocycles. The normalized spacial score (nSPS) is 14.3. The van der Waals surface area contributed by atoms with Gasteiger partial charge in [-0.15, -0.1) is 0 Å². The Bertz CT molecular complexity index is 560. The van der Waals surface area contributed by atoms with Crippen molar-refractivity contribution in [1.82, 2.24) is 10.0 Å². The second-order valence-electron chi connectivity index (χ2n) is 6.34. The summed E-state index contributed by atoms with van der Waals surface area (Å²) in [6.07, 6.45) is 0. The van der Waals surface area contributed by atoms with Crippen LogP contribution in [0.4, 0.5) is 0 Å². The first-order valence-electron chi connectivity index (χ1n) is 6.84. The van der Waals surface area contributed by atoms with Crippen molar-refractivity contribution in [2.24, 2.45) is 5.41 Å². The zero-order chi connectivity index (χ0) is 15.6. The molecule has 5 heteroatoms. The molecule has 0 aliphatic heterocycles. The minimum absolute atomic E-state index is 0.121. The lowest BCUT2D eigenvalue weighted by Gasteiger charge is -2.28. The van der Waals surface area contributed by atoms with Crippen molar-refractivity contribution in [2.75, 3.05) is 7.05 Å². The molecule has 20 heavy (non-hydrogen) atoms. The van der Waals surface area contributed by atoms with Crippen LogP contribution in [0, 0.1) is 12.3 Å². The number of rotatable bonds is 5. The van der Waals surface area contributed by atoms with Crippen LogP contribution < -0.4 is 10.0 Å². The summed E-state index contributed by atoms with van der Waals surface area (Å²) in [6.45, 7) is 10.4. The van der Waals surface area contributed by atoms with Crippen molar-refractivity contribution in [3.63, 3.8) is 0 Å². The standard InChI is InChI=1S/C15H26N2O2S/c1-11-7-8-13(10-16-6)9-14(11)20(18,19)17-12(2)15(3,4)5/h7-9,12,16-17H,10H2,1-6H3. The minimum atomic E-state index is -3.49. The monoisotopic (exact) mass is 298 g/mol. The van der Waals surface area contributed by atoms with Gasteiger partial charge in [-0.05, 0) is 43.5 Å². The van der Waals surface area contributed by atoms with Crippen LogP contribution in [0.25, 0.3) is 0 Å². The molecule has 1 unspecified atom stereocenters. The number of aryl methyl sites for hydroxylation is 1. The third-order valence-electron chi connectivity index (χ3n) is 3.55. The van der Waals surface area contributed by atoms with E-state index in [9.17, 15) is 8.42 Å². The van der Waals surface area contributed by atoms with Gasteiger partial charge in [-0.3, -0.25) is 0 Å². The summed E-state index contributed by atoms with van der Waals surface area (Å²) in [6, 6.07) is 5.39. The van der Waals surface area contributed by atoms with Gasteiger partial charge in [0, 0.05) is 12.6 Å². The Hall–Kier alpha value is -0.910. The van der Waals surface area contributed by atoms with E-state index in [1.165, 1.54) is 0 Å². The molecule has 1 aromatic carbocycles. The maximum Gasteiger partial charge on any atom is 0.241 e. The summed E-state index contributed by atoms with van der Waals surface area (Å²) in [5, 5.41) is 3.03. The van der Waals surface area contributed by atoms with Gasteiger partial charge >= 0.3 is 0 Å². The SMILES string of the molecule is CNCc1ccc(C)c(S(=O)(=O)NC(C)C(C)(C)C)c1. The Kier molecular flexibility index (Phi) is 5.35. The lowest BCUT2D eigenvalue weighted by Crippen LogP contribution is -2.41. The van der Waals surface area contributed by atoms with Crippen molar-refractivity contribution in [3.05, 3.63) is 29.3 Å². The Morgan fingerprint density at radius 1 is 1.25 bits per heavy atom. The van der Waals surface area contributed by atoms with Gasteiger partial charge in [0.2, 0.25) is 10.0 Å². The Labute approximate surface area is 123 Å². The fourth-order valence-electron chi connectivity index (χ4n) is 1.72. The molecule has 114 valence electrons. The minimum Gasteiger partial charge on any atom is -0.316 e. The van der Waals surface area contributed by atoms with Gasteiger partial charge in [-0.25, -0.2) is 13.1 Å². The molecular weight excluding hydrogens is 272 g/mol. The van der Waals surface area contributed by atoms with Gasteiger partial charge in [0.1, 0.15) is 0 Å². The predicted octanol–water partition coefficient (Wildman–Crippen LogP) is 2.43. The lowest BCUT2D eigenvalue weighted by molar-refractivity contribution is 0.317. The third kappa shape index (κ3) is 4.30. The van der Waals surface area contributed by atoms with Gasteiger partial charge in [-0.2, -0.15) is 0 Å². The first-order chi connectivity index (χ1) is 9.08. The average Bonchev–Trinajstić information content (AvgIpc) is 2.30. The maximum atomic E-state index is 12.5. The van der Waals surface area contributed by atoms with Crippen LogP contribution in [-0.4, -0.2) is 21.5 Å². The molecule has 0 aliphatic rings. The first kappa shape index (κ1) is 17.1. The molecule has 0 saturated heterocycles. The van der Waals surface area contributed by atoms with E-state index in [4.69, 9.17) is 0 Å². The van der Waals surface area contributed by atoms with Crippen LogP contribution in [0.15, 0.2) is 23.1 Å². The Morgan fingerprint density at radius 3 is 2.35 bits per heavy atom. The van der Waals surface area contributed by atoms with E-state index < -0.39 is 10.0 Å². The van der Waals surface area contributed by atoms with Crippen LogP contribution in [0.5, 0.6) is 0 Å². The molecule has 0 saturated carbocycles. The van der Waals surface area contributed by atoms with Gasteiger partial charge in [0.25, 0.3) is 0 Å². The summed E-state index contributed by atoms with van der Waals surface area (Å²) in [5.74, 6) is 0. The fourth-order valence-corrected chi connectivity index (χ4v) is 3.47. The molecule has 0 amide bonds. The van der Waals surface area contributed by atoms with E-state index in [-0.39, 0.29) is 11.5 Å². The van der Waals surface area contributed by atoms with E-state index in [0.717, 1.165) is 11.1 Å². The number of benzene rings is 1. The summed E-state index contributed by atoms with van der Waals surface area (Å²) >= 11 is 0. The van der Waals surface area contributed by atoms with Crippen molar-refractivity contribution < 1.29 is 8.42 Å². The predicted molar refractivity (Wildman–Crippen MR) is 83.2 cm³/mol. The highest BCUT2D eigenvalue weighted by Gasteiger charge is 2.26. The van der Waals surface area contributed by atoms with Gasteiger partial charge in [0.15, 0.2) is 0 Å². The number of sulfonamides is 1. The summed E-state index contributed by atoms with van der Waals surface area (Å²) < 4.78 is 27.8. The molecule has 4 nitrogen and oxygen atoms in total. The van der Waals surface area contributed by atoms with Crippen LogP contribution in [0.2, 0.25) is 0 Å². The first-order valence-corrected chi connectivity index (χ1v) is 8.32. The fraction of sp³-hybridized carbons (Fsp3) is 0.600. The van der Waals surface area contributed by atoms with Gasteiger partial charge in [0.05, 0.1) is 4.90 Å². The molecular formula is C15H26N2O2S.